The lowest BCUT2D eigenvalue weighted by atomic mass is 9.75. The van der Waals surface area contributed by atoms with Crippen LogP contribution in [0.3, 0.4) is 0 Å². The maximum Gasteiger partial charge on any atom is 0.127 e. The first-order valence-electron chi connectivity index (χ1n) is 7.30. The van der Waals surface area contributed by atoms with Gasteiger partial charge in [0.25, 0.3) is 0 Å². The number of hydrogen-bond donors (Lipinski definition) is 0. The molecule has 0 amide bonds. The van der Waals surface area contributed by atoms with Crippen LogP contribution in [0.4, 0.5) is 5.69 Å². The number of anilines is 1. The van der Waals surface area contributed by atoms with Crippen LogP contribution in [-0.2, 0) is 4.79 Å². The minimum atomic E-state index is -0.120. The van der Waals surface area contributed by atoms with Gasteiger partial charge in [0.2, 0.25) is 0 Å². The number of carbonyl (C=O) groups is 1. The van der Waals surface area contributed by atoms with Crippen molar-refractivity contribution in [1.82, 2.24) is 0 Å². The Kier molecular flexibility index (Phi) is 4.28. The monoisotopic (exact) mass is 259 g/mol. The van der Waals surface area contributed by atoms with Crippen molar-refractivity contribution in [3.63, 3.8) is 0 Å². The zero-order chi connectivity index (χ0) is 13.9. The third kappa shape index (κ3) is 3.37. The zero-order valence-electron chi connectivity index (χ0n) is 12.4. The van der Waals surface area contributed by atoms with Crippen molar-refractivity contribution in [3.8, 4) is 0 Å². The van der Waals surface area contributed by atoms with Crippen molar-refractivity contribution in [1.29, 1.82) is 0 Å². The first-order valence-corrected chi connectivity index (χ1v) is 7.30. The van der Waals surface area contributed by atoms with Crippen molar-refractivity contribution in [2.75, 3.05) is 18.5 Å². The first-order chi connectivity index (χ1) is 9.04. The van der Waals surface area contributed by atoms with Gasteiger partial charge in [-0.15, -0.1) is 0 Å². The van der Waals surface area contributed by atoms with Crippen LogP contribution in [0.2, 0.25) is 0 Å². The van der Waals surface area contributed by atoms with Gasteiger partial charge < -0.3 is 9.69 Å². The molecule has 104 valence electrons. The van der Waals surface area contributed by atoms with Gasteiger partial charge in [-0.25, -0.2) is 0 Å². The Hall–Kier alpha value is -1.31. The molecule has 1 aliphatic carbocycles. The summed E-state index contributed by atoms with van der Waals surface area (Å²) in [6, 6.07) is 6.59. The molecule has 1 saturated carbocycles. The summed E-state index contributed by atoms with van der Waals surface area (Å²) >= 11 is 0. The Morgan fingerprint density at radius 2 is 1.68 bits per heavy atom. The SMILES string of the molecule is Cc1cc(C)cc(N(C)CC2(C=O)CCCCC2)c1. The van der Waals surface area contributed by atoms with E-state index in [2.05, 4.69) is 44.0 Å². The molecule has 0 bridgehead atoms. The number of aryl methyl sites for hydroxylation is 2. The fourth-order valence-electron chi connectivity index (χ4n) is 3.30. The van der Waals surface area contributed by atoms with Crippen molar-refractivity contribution < 1.29 is 4.79 Å². The third-order valence-corrected chi connectivity index (χ3v) is 4.30. The second-order valence-corrected chi connectivity index (χ2v) is 6.24. The molecule has 0 aliphatic heterocycles. The molecule has 0 spiro atoms. The molecule has 1 fully saturated rings. The van der Waals surface area contributed by atoms with E-state index >= 15 is 0 Å². The maximum absolute atomic E-state index is 11.6. The number of nitrogens with zero attached hydrogens (tertiary/aromatic N) is 1. The van der Waals surface area contributed by atoms with Crippen LogP contribution in [0.15, 0.2) is 18.2 Å². The molecule has 2 rings (SSSR count). The van der Waals surface area contributed by atoms with E-state index in [4.69, 9.17) is 0 Å². The van der Waals surface area contributed by atoms with Gasteiger partial charge >= 0.3 is 0 Å². The van der Waals surface area contributed by atoms with E-state index in [1.807, 2.05) is 0 Å². The van der Waals surface area contributed by atoms with Crippen molar-refractivity contribution >= 4 is 12.0 Å². The van der Waals surface area contributed by atoms with Crippen LogP contribution in [0.25, 0.3) is 0 Å². The van der Waals surface area contributed by atoms with Gasteiger partial charge in [0.05, 0.1) is 0 Å². The Balaban J connectivity index is 2.14. The van der Waals surface area contributed by atoms with Crippen LogP contribution < -0.4 is 4.90 Å². The Morgan fingerprint density at radius 1 is 1.11 bits per heavy atom. The third-order valence-electron chi connectivity index (χ3n) is 4.30. The molecule has 0 N–H and O–H groups in total. The molecular formula is C17H25NO. The minimum absolute atomic E-state index is 0.120. The lowest BCUT2D eigenvalue weighted by Gasteiger charge is -2.36. The Morgan fingerprint density at radius 3 is 2.21 bits per heavy atom. The van der Waals surface area contributed by atoms with E-state index in [-0.39, 0.29) is 5.41 Å². The van der Waals surface area contributed by atoms with Gasteiger partial charge in [-0.2, -0.15) is 0 Å². The van der Waals surface area contributed by atoms with Gasteiger partial charge in [0, 0.05) is 24.7 Å². The fourth-order valence-corrected chi connectivity index (χ4v) is 3.30. The predicted molar refractivity (Wildman–Crippen MR) is 80.8 cm³/mol. The smallest absolute Gasteiger partial charge is 0.127 e. The largest absolute Gasteiger partial charge is 0.374 e. The molecule has 19 heavy (non-hydrogen) atoms. The van der Waals surface area contributed by atoms with E-state index in [0.29, 0.717) is 0 Å². The number of carbonyl (C=O) groups excluding carboxylic acids is 1. The quantitative estimate of drug-likeness (QED) is 0.765. The molecule has 0 atom stereocenters. The summed E-state index contributed by atoms with van der Waals surface area (Å²) in [6.45, 7) is 5.10. The van der Waals surface area contributed by atoms with Crippen molar-refractivity contribution in [3.05, 3.63) is 29.3 Å². The summed E-state index contributed by atoms with van der Waals surface area (Å²) in [7, 11) is 2.11. The lowest BCUT2D eigenvalue weighted by molar-refractivity contribution is -0.117. The van der Waals surface area contributed by atoms with Gasteiger partial charge in [-0.3, -0.25) is 0 Å². The van der Waals surface area contributed by atoms with Crippen molar-refractivity contribution in [2.24, 2.45) is 5.41 Å². The molecule has 0 unspecified atom stereocenters. The predicted octanol–water partition coefficient (Wildman–Crippen LogP) is 3.89. The summed E-state index contributed by atoms with van der Waals surface area (Å²) in [6.07, 6.45) is 6.98. The molecule has 0 saturated heterocycles. The lowest BCUT2D eigenvalue weighted by Crippen LogP contribution is -2.38. The summed E-state index contributed by atoms with van der Waals surface area (Å²) in [4.78, 5) is 13.8. The number of benzene rings is 1. The average molecular weight is 259 g/mol. The molecule has 1 aliphatic rings. The number of rotatable bonds is 4. The Labute approximate surface area is 116 Å². The second-order valence-electron chi connectivity index (χ2n) is 6.24. The van der Waals surface area contributed by atoms with Gasteiger partial charge in [0.15, 0.2) is 0 Å². The molecule has 2 nitrogen and oxygen atoms in total. The van der Waals surface area contributed by atoms with Gasteiger partial charge in [0.1, 0.15) is 6.29 Å². The summed E-state index contributed by atoms with van der Waals surface area (Å²) in [5.41, 5.74) is 3.67. The molecule has 1 aromatic rings. The zero-order valence-corrected chi connectivity index (χ0v) is 12.4. The van der Waals surface area contributed by atoms with Crippen LogP contribution in [-0.4, -0.2) is 19.9 Å². The van der Waals surface area contributed by atoms with E-state index in [1.54, 1.807) is 0 Å². The standard InChI is InChI=1S/C17H25NO/c1-14-9-15(2)11-16(10-14)18(3)12-17(13-19)7-5-4-6-8-17/h9-11,13H,4-8,12H2,1-3H3. The highest BCUT2D eigenvalue weighted by atomic mass is 16.1. The highest BCUT2D eigenvalue weighted by molar-refractivity contribution is 5.62. The van der Waals surface area contributed by atoms with Gasteiger partial charge in [-0.1, -0.05) is 25.3 Å². The normalized spacial score (nSPS) is 18.1. The van der Waals surface area contributed by atoms with E-state index in [9.17, 15) is 4.79 Å². The first kappa shape index (κ1) is 14.1. The highest BCUT2D eigenvalue weighted by Crippen LogP contribution is 2.36. The van der Waals surface area contributed by atoms with Crippen LogP contribution in [0.5, 0.6) is 0 Å². The average Bonchev–Trinajstić information content (AvgIpc) is 2.38. The number of hydrogen-bond acceptors (Lipinski definition) is 2. The summed E-state index contributed by atoms with van der Waals surface area (Å²) in [5.74, 6) is 0. The van der Waals surface area contributed by atoms with E-state index in [1.165, 1.54) is 42.4 Å². The molecule has 1 aromatic carbocycles. The van der Waals surface area contributed by atoms with E-state index < -0.39 is 0 Å². The highest BCUT2D eigenvalue weighted by Gasteiger charge is 2.33. The van der Waals surface area contributed by atoms with Crippen molar-refractivity contribution in [2.45, 2.75) is 46.0 Å². The fraction of sp³-hybridized carbons (Fsp3) is 0.588. The van der Waals surface area contributed by atoms with Crippen LogP contribution >= 0.6 is 0 Å². The van der Waals surface area contributed by atoms with Gasteiger partial charge in [-0.05, 0) is 49.9 Å². The minimum Gasteiger partial charge on any atom is -0.374 e. The van der Waals surface area contributed by atoms with Crippen LogP contribution in [0, 0.1) is 19.3 Å². The summed E-state index contributed by atoms with van der Waals surface area (Å²) < 4.78 is 0. The van der Waals surface area contributed by atoms with E-state index in [0.717, 1.165) is 19.4 Å². The topological polar surface area (TPSA) is 20.3 Å². The second kappa shape index (κ2) is 5.77. The molecular weight excluding hydrogens is 234 g/mol. The van der Waals surface area contributed by atoms with Crippen LogP contribution in [0.1, 0.15) is 43.2 Å². The molecule has 0 heterocycles. The number of aldehydes is 1. The summed E-state index contributed by atoms with van der Waals surface area (Å²) in [5, 5.41) is 0. The molecule has 0 radical (unpaired) electrons. The maximum atomic E-state index is 11.6. The Bertz CT molecular complexity index is 426. The molecule has 2 heteroatoms. The molecule has 0 aromatic heterocycles.